The van der Waals surface area contributed by atoms with Crippen LogP contribution in [0.15, 0.2) is 48.5 Å². The van der Waals surface area contributed by atoms with Crippen LogP contribution in [0.3, 0.4) is 0 Å². The van der Waals surface area contributed by atoms with Crippen LogP contribution in [0.2, 0.25) is 0 Å². The van der Waals surface area contributed by atoms with E-state index in [1.807, 2.05) is 60.0 Å². The van der Waals surface area contributed by atoms with Crippen LogP contribution in [0.5, 0.6) is 11.5 Å². The second-order valence-corrected chi connectivity index (χ2v) is 7.11. The quantitative estimate of drug-likeness (QED) is 0.529. The van der Waals surface area contributed by atoms with Gasteiger partial charge in [0.1, 0.15) is 6.07 Å². The van der Waals surface area contributed by atoms with E-state index in [2.05, 4.69) is 21.2 Å². The topological polar surface area (TPSA) is 85.4 Å². The average Bonchev–Trinajstić information content (AvgIpc) is 3.29. The molecule has 1 aromatic heterocycles. The van der Waals surface area contributed by atoms with E-state index in [0.717, 1.165) is 11.3 Å². The van der Waals surface area contributed by atoms with Gasteiger partial charge in [-0.3, -0.25) is 4.57 Å². The van der Waals surface area contributed by atoms with E-state index in [9.17, 15) is 5.26 Å². The number of benzene rings is 2. The molecule has 32 heavy (non-hydrogen) atoms. The fourth-order valence-electron chi connectivity index (χ4n) is 3.60. The van der Waals surface area contributed by atoms with E-state index < -0.39 is 0 Å². The molecular weight excluding hydrogens is 406 g/mol. The Morgan fingerprint density at radius 2 is 1.91 bits per heavy atom. The fraction of sp³-hybridized carbons (Fsp3) is 0.292. The number of aromatic nitrogens is 3. The van der Waals surface area contributed by atoms with Crippen molar-refractivity contribution in [2.75, 3.05) is 44.9 Å². The van der Waals surface area contributed by atoms with Gasteiger partial charge < -0.3 is 19.1 Å². The van der Waals surface area contributed by atoms with Crippen LogP contribution in [0, 0.1) is 11.3 Å². The summed E-state index contributed by atoms with van der Waals surface area (Å²) < 4.78 is 18.4. The Kier molecular flexibility index (Phi) is 6.68. The normalized spacial score (nSPS) is 14.2. The van der Waals surface area contributed by atoms with Gasteiger partial charge in [-0.2, -0.15) is 5.26 Å². The zero-order valence-corrected chi connectivity index (χ0v) is 18.2. The Morgan fingerprint density at radius 1 is 1.12 bits per heavy atom. The summed E-state index contributed by atoms with van der Waals surface area (Å²) in [4.78, 5) is 2.13. The van der Waals surface area contributed by atoms with Crippen molar-refractivity contribution in [2.45, 2.75) is 6.92 Å². The molecule has 1 aliphatic rings. The lowest BCUT2D eigenvalue weighted by Crippen LogP contribution is -2.38. The molecule has 0 amide bonds. The number of methoxy groups -OCH3 is 1. The summed E-state index contributed by atoms with van der Waals surface area (Å²) in [6.45, 7) is 5.15. The molecule has 8 nitrogen and oxygen atoms in total. The lowest BCUT2D eigenvalue weighted by Gasteiger charge is -2.28. The van der Waals surface area contributed by atoms with Gasteiger partial charge in [0, 0.05) is 13.1 Å². The molecule has 1 aliphatic heterocycles. The largest absolute Gasteiger partial charge is 0.493 e. The summed E-state index contributed by atoms with van der Waals surface area (Å²) in [5.41, 5.74) is 2.09. The lowest BCUT2D eigenvalue weighted by molar-refractivity contribution is 0.122. The summed E-state index contributed by atoms with van der Waals surface area (Å²) in [7, 11) is 1.59. The number of allylic oxidation sites excluding steroid dienone is 1. The zero-order valence-electron chi connectivity index (χ0n) is 18.2. The Labute approximate surface area is 187 Å². The van der Waals surface area contributed by atoms with Gasteiger partial charge >= 0.3 is 0 Å². The number of hydrogen-bond donors (Lipinski definition) is 0. The van der Waals surface area contributed by atoms with E-state index in [4.69, 9.17) is 14.2 Å². The third kappa shape index (κ3) is 4.43. The minimum atomic E-state index is 0.395. The molecule has 0 aliphatic carbocycles. The van der Waals surface area contributed by atoms with Crippen LogP contribution >= 0.6 is 0 Å². The van der Waals surface area contributed by atoms with Crippen molar-refractivity contribution < 1.29 is 14.2 Å². The highest BCUT2D eigenvalue weighted by molar-refractivity contribution is 5.88. The molecule has 0 spiro atoms. The predicted octanol–water partition coefficient (Wildman–Crippen LogP) is 3.58. The first-order chi connectivity index (χ1) is 15.7. The average molecular weight is 431 g/mol. The Bertz CT molecular complexity index is 1130. The minimum Gasteiger partial charge on any atom is -0.493 e. The maximum atomic E-state index is 10.0. The number of anilines is 1. The van der Waals surface area contributed by atoms with Crippen LogP contribution in [0.25, 0.3) is 17.3 Å². The Balaban J connectivity index is 1.79. The van der Waals surface area contributed by atoms with Crippen molar-refractivity contribution in [2.24, 2.45) is 0 Å². The van der Waals surface area contributed by atoms with Gasteiger partial charge in [-0.25, -0.2) is 0 Å². The number of rotatable bonds is 7. The maximum absolute atomic E-state index is 10.0. The summed E-state index contributed by atoms with van der Waals surface area (Å²) in [6.07, 6.45) is 1.78. The van der Waals surface area contributed by atoms with Crippen LogP contribution in [-0.2, 0) is 4.74 Å². The number of ether oxygens (including phenoxy) is 3. The Morgan fingerprint density at radius 3 is 2.59 bits per heavy atom. The van der Waals surface area contributed by atoms with E-state index in [-0.39, 0.29) is 0 Å². The first-order valence-electron chi connectivity index (χ1n) is 10.5. The molecule has 0 radical (unpaired) electrons. The van der Waals surface area contributed by atoms with Crippen molar-refractivity contribution in [3.8, 4) is 23.3 Å². The van der Waals surface area contributed by atoms with E-state index in [1.165, 1.54) is 0 Å². The van der Waals surface area contributed by atoms with Gasteiger partial charge in [0.05, 0.1) is 38.2 Å². The van der Waals surface area contributed by atoms with Crippen LogP contribution in [0.4, 0.5) is 5.95 Å². The van der Waals surface area contributed by atoms with E-state index in [0.29, 0.717) is 61.8 Å². The molecule has 164 valence electrons. The number of nitrogens with zero attached hydrogens (tertiary/aromatic N) is 5. The van der Waals surface area contributed by atoms with Crippen molar-refractivity contribution in [1.29, 1.82) is 5.26 Å². The number of para-hydroxylation sites is 1. The van der Waals surface area contributed by atoms with Crippen LogP contribution in [-0.4, -0.2) is 54.8 Å². The zero-order chi connectivity index (χ0) is 22.3. The SMILES string of the molecule is CCOc1ccc(C=C(C#N)c2nnc(N3CCOCC3)n2-c2ccccc2)cc1OC. The number of nitriles is 1. The van der Waals surface area contributed by atoms with Crippen LogP contribution < -0.4 is 14.4 Å². The molecule has 8 heteroatoms. The van der Waals surface area contributed by atoms with Crippen LogP contribution in [0.1, 0.15) is 18.3 Å². The molecule has 0 unspecified atom stereocenters. The highest BCUT2D eigenvalue weighted by Crippen LogP contribution is 2.31. The monoisotopic (exact) mass is 431 g/mol. The van der Waals surface area contributed by atoms with Gasteiger partial charge in [-0.05, 0) is 42.8 Å². The molecular formula is C24H25N5O3. The highest BCUT2D eigenvalue weighted by atomic mass is 16.5. The molecule has 1 saturated heterocycles. The second kappa shape index (κ2) is 9.98. The first-order valence-corrected chi connectivity index (χ1v) is 10.5. The Hall–Kier alpha value is -3.83. The minimum absolute atomic E-state index is 0.395. The van der Waals surface area contributed by atoms with Crippen molar-refractivity contribution >= 4 is 17.6 Å². The summed E-state index contributed by atoms with van der Waals surface area (Å²) in [6, 6.07) is 17.7. The molecule has 1 fully saturated rings. The van der Waals surface area contributed by atoms with Crippen molar-refractivity contribution in [1.82, 2.24) is 14.8 Å². The van der Waals surface area contributed by atoms with Gasteiger partial charge in [-0.15, -0.1) is 10.2 Å². The molecule has 2 heterocycles. The molecule has 0 bridgehead atoms. The highest BCUT2D eigenvalue weighted by Gasteiger charge is 2.23. The van der Waals surface area contributed by atoms with Gasteiger partial charge in [0.15, 0.2) is 17.3 Å². The molecule has 0 atom stereocenters. The van der Waals surface area contributed by atoms with Gasteiger partial charge in [0.25, 0.3) is 0 Å². The van der Waals surface area contributed by atoms with Crippen molar-refractivity contribution in [3.05, 3.63) is 59.9 Å². The van der Waals surface area contributed by atoms with Gasteiger partial charge in [-0.1, -0.05) is 24.3 Å². The molecule has 3 aromatic rings. The third-order valence-corrected chi connectivity index (χ3v) is 5.11. The lowest BCUT2D eigenvalue weighted by atomic mass is 10.1. The summed E-state index contributed by atoms with van der Waals surface area (Å²) >= 11 is 0. The van der Waals surface area contributed by atoms with E-state index >= 15 is 0 Å². The molecule has 2 aromatic carbocycles. The maximum Gasteiger partial charge on any atom is 0.232 e. The first kappa shape index (κ1) is 21.4. The smallest absolute Gasteiger partial charge is 0.232 e. The predicted molar refractivity (Wildman–Crippen MR) is 122 cm³/mol. The molecule has 0 saturated carbocycles. The number of hydrogen-bond acceptors (Lipinski definition) is 7. The van der Waals surface area contributed by atoms with E-state index in [1.54, 1.807) is 13.2 Å². The second-order valence-electron chi connectivity index (χ2n) is 7.11. The summed E-state index contributed by atoms with van der Waals surface area (Å²) in [5.74, 6) is 2.44. The molecule has 0 N–H and O–H groups in total. The van der Waals surface area contributed by atoms with Gasteiger partial charge in [0.2, 0.25) is 5.95 Å². The van der Waals surface area contributed by atoms with Crippen molar-refractivity contribution in [3.63, 3.8) is 0 Å². The standard InChI is InChI=1S/C24H25N5O3/c1-3-32-21-10-9-18(16-22(21)30-2)15-19(17-25)23-26-27-24(28-11-13-31-14-12-28)29(23)20-7-5-4-6-8-20/h4-10,15-16H,3,11-14H2,1-2H3. The number of morpholine rings is 1. The molecule has 4 rings (SSSR count). The fourth-order valence-corrected chi connectivity index (χ4v) is 3.60. The third-order valence-electron chi connectivity index (χ3n) is 5.11. The summed E-state index contributed by atoms with van der Waals surface area (Å²) in [5, 5.41) is 18.9.